The van der Waals surface area contributed by atoms with Gasteiger partial charge in [0.2, 0.25) is 5.91 Å². The molecule has 1 amide bonds. The van der Waals surface area contributed by atoms with E-state index in [0.717, 1.165) is 0 Å². The summed E-state index contributed by atoms with van der Waals surface area (Å²) in [6, 6.07) is -0.216. The van der Waals surface area contributed by atoms with Crippen molar-refractivity contribution in [3.8, 4) is 0 Å². The van der Waals surface area contributed by atoms with E-state index in [9.17, 15) is 4.79 Å². The Morgan fingerprint density at radius 1 is 1.50 bits per heavy atom. The molecule has 0 aliphatic rings. The summed E-state index contributed by atoms with van der Waals surface area (Å²) in [6.45, 7) is 5.91. The number of nitrogens with one attached hydrogen (secondary N) is 1. The van der Waals surface area contributed by atoms with Crippen LogP contribution in [0.5, 0.6) is 0 Å². The second-order valence-electron chi connectivity index (χ2n) is 4.46. The summed E-state index contributed by atoms with van der Waals surface area (Å²) < 4.78 is 0. The topological polar surface area (TPSA) is 52.6 Å². The molecule has 0 aromatic heterocycles. The standard InChI is InChI=1S/C10H22N2O2/c1-8(9(14)12(4)5)11-10(2,3)6-7-13/h8,11,13H,6-7H2,1-5H3. The first-order valence-corrected chi connectivity index (χ1v) is 4.90. The predicted molar refractivity (Wildman–Crippen MR) is 57.1 cm³/mol. The molecule has 0 aliphatic carbocycles. The summed E-state index contributed by atoms with van der Waals surface area (Å²) in [5.41, 5.74) is -0.208. The van der Waals surface area contributed by atoms with E-state index >= 15 is 0 Å². The molecule has 4 nitrogen and oxygen atoms in total. The lowest BCUT2D eigenvalue weighted by Crippen LogP contribution is -2.51. The fraction of sp³-hybridized carbons (Fsp3) is 0.900. The number of nitrogens with zero attached hydrogens (tertiary/aromatic N) is 1. The van der Waals surface area contributed by atoms with Gasteiger partial charge < -0.3 is 15.3 Å². The zero-order valence-electron chi connectivity index (χ0n) is 9.79. The van der Waals surface area contributed by atoms with Gasteiger partial charge >= 0.3 is 0 Å². The first-order valence-electron chi connectivity index (χ1n) is 4.90. The summed E-state index contributed by atoms with van der Waals surface area (Å²) >= 11 is 0. The van der Waals surface area contributed by atoms with E-state index in [-0.39, 0.29) is 24.1 Å². The van der Waals surface area contributed by atoms with Gasteiger partial charge in [-0.05, 0) is 27.2 Å². The zero-order valence-corrected chi connectivity index (χ0v) is 9.79. The van der Waals surface area contributed by atoms with Crippen molar-refractivity contribution in [3.63, 3.8) is 0 Å². The first kappa shape index (κ1) is 13.4. The van der Waals surface area contributed by atoms with Crippen LogP contribution in [0.2, 0.25) is 0 Å². The van der Waals surface area contributed by atoms with Crippen LogP contribution in [0.4, 0.5) is 0 Å². The Labute approximate surface area is 86.3 Å². The minimum absolute atomic E-state index is 0.0519. The maximum atomic E-state index is 11.5. The smallest absolute Gasteiger partial charge is 0.238 e. The van der Waals surface area contributed by atoms with Crippen LogP contribution in [0.25, 0.3) is 0 Å². The molecule has 1 atom stereocenters. The zero-order chi connectivity index (χ0) is 11.4. The van der Waals surface area contributed by atoms with Crippen LogP contribution in [-0.4, -0.2) is 48.2 Å². The highest BCUT2D eigenvalue weighted by molar-refractivity contribution is 5.81. The van der Waals surface area contributed by atoms with Gasteiger partial charge in [-0.2, -0.15) is 0 Å². The lowest BCUT2D eigenvalue weighted by molar-refractivity contribution is -0.131. The summed E-state index contributed by atoms with van der Waals surface area (Å²) in [5, 5.41) is 12.0. The van der Waals surface area contributed by atoms with Gasteiger partial charge in [0.1, 0.15) is 0 Å². The average Bonchev–Trinajstić information content (AvgIpc) is 2.01. The highest BCUT2D eigenvalue weighted by Crippen LogP contribution is 2.09. The molecule has 0 bridgehead atoms. The van der Waals surface area contributed by atoms with E-state index in [2.05, 4.69) is 5.32 Å². The third-order valence-electron chi connectivity index (χ3n) is 2.16. The molecular formula is C10H22N2O2. The van der Waals surface area contributed by atoms with Crippen molar-refractivity contribution in [3.05, 3.63) is 0 Å². The van der Waals surface area contributed by atoms with Crippen LogP contribution in [-0.2, 0) is 4.79 Å². The molecular weight excluding hydrogens is 180 g/mol. The summed E-state index contributed by atoms with van der Waals surface area (Å²) in [4.78, 5) is 13.1. The molecule has 84 valence electrons. The van der Waals surface area contributed by atoms with E-state index in [1.807, 2.05) is 20.8 Å². The van der Waals surface area contributed by atoms with Crippen LogP contribution < -0.4 is 5.32 Å². The van der Waals surface area contributed by atoms with Crippen LogP contribution in [0.15, 0.2) is 0 Å². The molecule has 0 saturated carbocycles. The Morgan fingerprint density at radius 3 is 2.36 bits per heavy atom. The fourth-order valence-electron chi connectivity index (χ4n) is 1.39. The van der Waals surface area contributed by atoms with Gasteiger partial charge in [-0.1, -0.05) is 0 Å². The molecule has 0 rings (SSSR count). The molecule has 14 heavy (non-hydrogen) atoms. The number of amides is 1. The van der Waals surface area contributed by atoms with E-state index < -0.39 is 0 Å². The molecule has 1 unspecified atom stereocenters. The van der Waals surface area contributed by atoms with Crippen LogP contribution in [0.1, 0.15) is 27.2 Å². The van der Waals surface area contributed by atoms with Crippen molar-refractivity contribution in [2.75, 3.05) is 20.7 Å². The van der Waals surface area contributed by atoms with Crippen molar-refractivity contribution in [2.45, 2.75) is 38.8 Å². The van der Waals surface area contributed by atoms with Gasteiger partial charge in [0.15, 0.2) is 0 Å². The van der Waals surface area contributed by atoms with Gasteiger partial charge in [-0.3, -0.25) is 4.79 Å². The Balaban J connectivity index is 4.17. The molecule has 4 heteroatoms. The third-order valence-corrected chi connectivity index (χ3v) is 2.16. The molecule has 0 heterocycles. The third kappa shape index (κ3) is 4.58. The van der Waals surface area contributed by atoms with Gasteiger partial charge in [0.05, 0.1) is 6.04 Å². The molecule has 0 fully saturated rings. The number of aliphatic hydroxyl groups excluding tert-OH is 1. The lowest BCUT2D eigenvalue weighted by atomic mass is 10.00. The van der Waals surface area contributed by atoms with Gasteiger partial charge in [-0.25, -0.2) is 0 Å². The second kappa shape index (κ2) is 5.32. The first-order chi connectivity index (χ1) is 6.30. The van der Waals surface area contributed by atoms with Crippen molar-refractivity contribution in [1.29, 1.82) is 0 Å². The van der Waals surface area contributed by atoms with E-state index in [4.69, 9.17) is 5.11 Å². The van der Waals surface area contributed by atoms with Crippen molar-refractivity contribution < 1.29 is 9.90 Å². The van der Waals surface area contributed by atoms with E-state index in [1.54, 1.807) is 19.0 Å². The SMILES string of the molecule is CC(NC(C)(C)CCO)C(=O)N(C)C. The quantitative estimate of drug-likeness (QED) is 0.670. The number of hydrogen-bond donors (Lipinski definition) is 2. The predicted octanol–water partition coefficient (Wildman–Crippen LogP) is 0.214. The summed E-state index contributed by atoms with van der Waals surface area (Å²) in [7, 11) is 3.47. The highest BCUT2D eigenvalue weighted by Gasteiger charge is 2.23. The minimum Gasteiger partial charge on any atom is -0.396 e. The van der Waals surface area contributed by atoms with Crippen molar-refractivity contribution in [1.82, 2.24) is 10.2 Å². The average molecular weight is 202 g/mol. The van der Waals surface area contributed by atoms with Crippen molar-refractivity contribution >= 4 is 5.91 Å². The maximum absolute atomic E-state index is 11.5. The number of carbonyl (C=O) groups is 1. The number of likely N-dealkylation sites (N-methyl/N-ethyl adjacent to an activating group) is 1. The van der Waals surface area contributed by atoms with Crippen LogP contribution in [0.3, 0.4) is 0 Å². The number of rotatable bonds is 5. The van der Waals surface area contributed by atoms with Crippen LogP contribution >= 0.6 is 0 Å². The summed E-state index contributed by atoms with van der Waals surface area (Å²) in [5.74, 6) is 0.0519. The Kier molecular flexibility index (Phi) is 5.08. The molecule has 0 spiro atoms. The highest BCUT2D eigenvalue weighted by atomic mass is 16.3. The van der Waals surface area contributed by atoms with Crippen molar-refractivity contribution in [2.24, 2.45) is 0 Å². The molecule has 0 aliphatic heterocycles. The lowest BCUT2D eigenvalue weighted by Gasteiger charge is -2.30. The van der Waals surface area contributed by atoms with Crippen LogP contribution in [0, 0.1) is 0 Å². The fourth-order valence-corrected chi connectivity index (χ4v) is 1.39. The molecule has 0 radical (unpaired) electrons. The largest absolute Gasteiger partial charge is 0.396 e. The Hall–Kier alpha value is -0.610. The normalized spacial score (nSPS) is 13.9. The number of hydrogen-bond acceptors (Lipinski definition) is 3. The Morgan fingerprint density at radius 2 is 2.00 bits per heavy atom. The minimum atomic E-state index is -0.216. The second-order valence-corrected chi connectivity index (χ2v) is 4.46. The molecule has 0 aromatic carbocycles. The van der Waals surface area contributed by atoms with Gasteiger partial charge in [0.25, 0.3) is 0 Å². The van der Waals surface area contributed by atoms with E-state index in [0.29, 0.717) is 6.42 Å². The summed E-state index contributed by atoms with van der Waals surface area (Å²) in [6.07, 6.45) is 0.637. The van der Waals surface area contributed by atoms with E-state index in [1.165, 1.54) is 0 Å². The maximum Gasteiger partial charge on any atom is 0.238 e. The number of carbonyl (C=O) groups excluding carboxylic acids is 1. The Bertz CT molecular complexity index is 191. The van der Waals surface area contributed by atoms with Gasteiger partial charge in [-0.15, -0.1) is 0 Å². The molecule has 0 saturated heterocycles. The number of aliphatic hydroxyl groups is 1. The van der Waals surface area contributed by atoms with Gasteiger partial charge in [0, 0.05) is 26.2 Å². The molecule has 0 aromatic rings. The monoisotopic (exact) mass is 202 g/mol. The molecule has 2 N–H and O–H groups in total.